The number of piperazine rings is 1. The quantitative estimate of drug-likeness (QED) is 0.861. The molecular weight excluding hydrogens is 352 g/mol. The molecule has 0 aromatic heterocycles. The summed E-state index contributed by atoms with van der Waals surface area (Å²) in [6.07, 6.45) is 1.12. The Hall–Kier alpha value is -2.37. The lowest BCUT2D eigenvalue weighted by Crippen LogP contribution is -2.60. The standard InChI is InChI=1S/C23H28N2O3/c1-18(19-7-3-2-4-8-19)28-17-23(15-20-9-5-6-10-21(20)16-23)25-13-11-24(12-14-25)22(26)27/h2-10,18H,11-17H2,1H3,(H,26,27). The summed E-state index contributed by atoms with van der Waals surface area (Å²) in [7, 11) is 0. The molecule has 0 saturated carbocycles. The number of carbonyl (C=O) groups is 1. The fourth-order valence-electron chi connectivity index (χ4n) is 4.56. The van der Waals surface area contributed by atoms with Gasteiger partial charge in [0.2, 0.25) is 0 Å². The molecule has 5 nitrogen and oxygen atoms in total. The van der Waals surface area contributed by atoms with Crippen molar-refractivity contribution in [2.24, 2.45) is 0 Å². The van der Waals surface area contributed by atoms with E-state index in [-0.39, 0.29) is 11.6 Å². The minimum atomic E-state index is -0.822. The number of hydrogen-bond donors (Lipinski definition) is 1. The maximum Gasteiger partial charge on any atom is 0.407 e. The van der Waals surface area contributed by atoms with E-state index in [0.29, 0.717) is 19.7 Å². The molecule has 1 unspecified atom stereocenters. The average Bonchev–Trinajstić information content (AvgIpc) is 3.12. The third-order valence-corrected chi connectivity index (χ3v) is 6.25. The summed E-state index contributed by atoms with van der Waals surface area (Å²) in [5, 5.41) is 9.28. The molecule has 1 aliphatic heterocycles. The first-order chi connectivity index (χ1) is 13.6. The van der Waals surface area contributed by atoms with Crippen LogP contribution in [0, 0.1) is 0 Å². The second kappa shape index (κ2) is 7.94. The monoisotopic (exact) mass is 380 g/mol. The van der Waals surface area contributed by atoms with Crippen LogP contribution in [-0.2, 0) is 17.6 Å². The average molecular weight is 380 g/mol. The van der Waals surface area contributed by atoms with Crippen molar-refractivity contribution >= 4 is 6.09 Å². The van der Waals surface area contributed by atoms with Gasteiger partial charge in [-0.15, -0.1) is 0 Å². The Labute approximate surface area is 166 Å². The molecule has 1 atom stereocenters. The van der Waals surface area contributed by atoms with E-state index in [9.17, 15) is 9.90 Å². The van der Waals surface area contributed by atoms with Crippen LogP contribution >= 0.6 is 0 Å². The Morgan fingerprint density at radius 1 is 1.00 bits per heavy atom. The molecule has 4 rings (SSSR count). The molecule has 1 N–H and O–H groups in total. The van der Waals surface area contributed by atoms with Gasteiger partial charge in [-0.2, -0.15) is 0 Å². The highest BCUT2D eigenvalue weighted by Crippen LogP contribution is 2.36. The summed E-state index contributed by atoms with van der Waals surface area (Å²) < 4.78 is 6.40. The van der Waals surface area contributed by atoms with Gasteiger partial charge in [-0.3, -0.25) is 4.90 Å². The first kappa shape index (κ1) is 19.0. The highest BCUT2D eigenvalue weighted by atomic mass is 16.5. The summed E-state index contributed by atoms with van der Waals surface area (Å²) in [5.41, 5.74) is 3.86. The van der Waals surface area contributed by atoms with Gasteiger partial charge in [0.05, 0.1) is 18.2 Å². The van der Waals surface area contributed by atoms with E-state index < -0.39 is 6.09 Å². The summed E-state index contributed by atoms with van der Waals surface area (Å²) in [6.45, 7) is 5.37. The van der Waals surface area contributed by atoms with Crippen LogP contribution < -0.4 is 0 Å². The van der Waals surface area contributed by atoms with Crippen LogP contribution in [0.15, 0.2) is 54.6 Å². The number of rotatable bonds is 5. The molecular formula is C23H28N2O3. The van der Waals surface area contributed by atoms with Gasteiger partial charge in [-0.25, -0.2) is 4.79 Å². The molecule has 0 radical (unpaired) electrons. The zero-order valence-electron chi connectivity index (χ0n) is 16.4. The first-order valence-corrected chi connectivity index (χ1v) is 10.0. The van der Waals surface area contributed by atoms with Crippen LogP contribution in [0.5, 0.6) is 0 Å². The lowest BCUT2D eigenvalue weighted by atomic mass is 9.93. The number of fused-ring (bicyclic) bond motifs is 1. The van der Waals surface area contributed by atoms with E-state index in [1.807, 2.05) is 18.2 Å². The molecule has 148 valence electrons. The highest BCUT2D eigenvalue weighted by molar-refractivity contribution is 5.65. The van der Waals surface area contributed by atoms with Crippen LogP contribution in [0.3, 0.4) is 0 Å². The van der Waals surface area contributed by atoms with Crippen LogP contribution in [0.2, 0.25) is 0 Å². The lowest BCUT2D eigenvalue weighted by molar-refractivity contribution is -0.0474. The van der Waals surface area contributed by atoms with Crippen LogP contribution in [-0.4, -0.2) is 59.3 Å². The molecule has 1 amide bonds. The van der Waals surface area contributed by atoms with Gasteiger partial charge in [0.1, 0.15) is 0 Å². The van der Waals surface area contributed by atoms with Gasteiger partial charge in [-0.1, -0.05) is 54.6 Å². The van der Waals surface area contributed by atoms with E-state index in [4.69, 9.17) is 4.74 Å². The molecule has 1 heterocycles. The fourth-order valence-corrected chi connectivity index (χ4v) is 4.56. The molecule has 1 aliphatic carbocycles. The van der Waals surface area contributed by atoms with Crippen molar-refractivity contribution in [2.45, 2.75) is 31.4 Å². The summed E-state index contributed by atoms with van der Waals surface area (Å²) in [4.78, 5) is 15.3. The van der Waals surface area contributed by atoms with Crippen molar-refractivity contribution in [1.29, 1.82) is 0 Å². The Kier molecular flexibility index (Phi) is 5.38. The summed E-state index contributed by atoms with van der Waals surface area (Å²) in [6, 6.07) is 18.9. The highest BCUT2D eigenvalue weighted by Gasteiger charge is 2.44. The number of amides is 1. The van der Waals surface area contributed by atoms with Gasteiger partial charge >= 0.3 is 6.09 Å². The van der Waals surface area contributed by atoms with Crippen molar-refractivity contribution in [3.05, 3.63) is 71.3 Å². The van der Waals surface area contributed by atoms with E-state index in [1.54, 1.807) is 0 Å². The lowest BCUT2D eigenvalue weighted by Gasteiger charge is -2.45. The van der Waals surface area contributed by atoms with E-state index >= 15 is 0 Å². The molecule has 28 heavy (non-hydrogen) atoms. The zero-order valence-corrected chi connectivity index (χ0v) is 16.4. The minimum absolute atomic E-state index is 0.0297. The number of ether oxygens (including phenoxy) is 1. The maximum absolute atomic E-state index is 11.3. The second-order valence-electron chi connectivity index (χ2n) is 7.97. The van der Waals surface area contributed by atoms with Crippen molar-refractivity contribution in [1.82, 2.24) is 9.80 Å². The third-order valence-electron chi connectivity index (χ3n) is 6.25. The summed E-state index contributed by atoms with van der Waals surface area (Å²) >= 11 is 0. The number of hydrogen-bond acceptors (Lipinski definition) is 3. The first-order valence-electron chi connectivity index (χ1n) is 10.0. The van der Waals surface area contributed by atoms with Crippen molar-refractivity contribution in [2.75, 3.05) is 32.8 Å². The van der Waals surface area contributed by atoms with Crippen molar-refractivity contribution in [3.63, 3.8) is 0 Å². The zero-order chi connectivity index (χ0) is 19.6. The van der Waals surface area contributed by atoms with E-state index in [0.717, 1.165) is 25.9 Å². The second-order valence-corrected chi connectivity index (χ2v) is 7.97. The van der Waals surface area contributed by atoms with Crippen molar-refractivity contribution < 1.29 is 14.6 Å². The van der Waals surface area contributed by atoms with Crippen LogP contribution in [0.1, 0.15) is 29.7 Å². The van der Waals surface area contributed by atoms with Gasteiger partial charge in [0.15, 0.2) is 0 Å². The summed E-state index contributed by atoms with van der Waals surface area (Å²) in [5.74, 6) is 0. The van der Waals surface area contributed by atoms with Crippen molar-refractivity contribution in [3.8, 4) is 0 Å². The minimum Gasteiger partial charge on any atom is -0.465 e. The van der Waals surface area contributed by atoms with Gasteiger partial charge < -0.3 is 14.7 Å². The Morgan fingerprint density at radius 3 is 2.14 bits per heavy atom. The van der Waals surface area contributed by atoms with Gasteiger partial charge in [0.25, 0.3) is 0 Å². The normalized spacial score (nSPS) is 20.0. The fraction of sp³-hybridized carbons (Fsp3) is 0.435. The molecule has 5 heteroatoms. The van der Waals surface area contributed by atoms with E-state index in [2.05, 4.69) is 48.2 Å². The molecule has 2 aromatic carbocycles. The largest absolute Gasteiger partial charge is 0.465 e. The Morgan fingerprint density at radius 2 is 1.57 bits per heavy atom. The molecule has 1 saturated heterocycles. The SMILES string of the molecule is CC(OCC1(N2CCN(C(=O)O)CC2)Cc2ccccc2C1)c1ccccc1. The number of carboxylic acid groups (broad SMARTS) is 1. The maximum atomic E-state index is 11.3. The predicted octanol–water partition coefficient (Wildman–Crippen LogP) is 3.60. The third kappa shape index (κ3) is 3.77. The van der Waals surface area contributed by atoms with Crippen LogP contribution in [0.4, 0.5) is 4.79 Å². The molecule has 2 aromatic rings. The molecule has 0 bridgehead atoms. The molecule has 0 spiro atoms. The molecule has 2 aliphatic rings. The van der Waals surface area contributed by atoms with Gasteiger partial charge in [0, 0.05) is 26.2 Å². The number of nitrogens with zero attached hydrogens (tertiary/aromatic N) is 2. The Bertz CT molecular complexity index is 791. The molecule has 1 fully saturated rings. The predicted molar refractivity (Wildman–Crippen MR) is 109 cm³/mol. The van der Waals surface area contributed by atoms with E-state index in [1.165, 1.54) is 21.6 Å². The smallest absolute Gasteiger partial charge is 0.407 e. The Balaban J connectivity index is 1.51. The van der Waals surface area contributed by atoms with Gasteiger partial charge in [-0.05, 0) is 36.5 Å². The topological polar surface area (TPSA) is 53.0 Å². The number of benzene rings is 2. The van der Waals surface area contributed by atoms with Crippen LogP contribution in [0.25, 0.3) is 0 Å².